The molecule has 0 atom stereocenters. The summed E-state index contributed by atoms with van der Waals surface area (Å²) in [5.41, 5.74) is 1.53. The van der Waals surface area contributed by atoms with Crippen molar-refractivity contribution in [2.45, 2.75) is 12.8 Å². The topological polar surface area (TPSA) is 20.3 Å². The van der Waals surface area contributed by atoms with Crippen molar-refractivity contribution in [3.05, 3.63) is 41.3 Å². The summed E-state index contributed by atoms with van der Waals surface area (Å²) >= 11 is 0. The highest BCUT2D eigenvalue weighted by molar-refractivity contribution is 6.01. The van der Waals surface area contributed by atoms with Crippen LogP contribution in [0.15, 0.2) is 30.0 Å². The number of hydrogen-bond donors (Lipinski definition) is 0. The van der Waals surface area contributed by atoms with Gasteiger partial charge in [-0.1, -0.05) is 12.1 Å². The number of Topliss-reactive ketones (excluding diaryl/α,β-unsaturated/α-hetero) is 1. The molecule has 3 saturated heterocycles. The van der Waals surface area contributed by atoms with E-state index in [9.17, 15) is 9.18 Å². The number of benzene rings is 1. The number of nitrogens with zero attached hydrogens (tertiary/aromatic N) is 1. The molecule has 0 unspecified atom stereocenters. The van der Waals surface area contributed by atoms with Crippen molar-refractivity contribution >= 4 is 11.9 Å². The van der Waals surface area contributed by atoms with Crippen LogP contribution in [0, 0.1) is 11.7 Å². The van der Waals surface area contributed by atoms with Crippen molar-refractivity contribution < 1.29 is 9.18 Å². The third kappa shape index (κ3) is 1.86. The summed E-state index contributed by atoms with van der Waals surface area (Å²) in [5.74, 6) is 0.161. The predicted octanol–water partition coefficient (Wildman–Crippen LogP) is 2.46. The molecule has 3 aliphatic rings. The lowest BCUT2D eigenvalue weighted by molar-refractivity contribution is -0.125. The summed E-state index contributed by atoms with van der Waals surface area (Å²) in [7, 11) is 0. The van der Waals surface area contributed by atoms with Crippen LogP contribution in [0.1, 0.15) is 18.4 Å². The van der Waals surface area contributed by atoms with Crippen molar-refractivity contribution in [1.82, 2.24) is 4.90 Å². The number of allylic oxidation sites excluding steroid dienone is 1. The normalized spacial score (nSPS) is 22.5. The lowest BCUT2D eigenvalue weighted by atomic mass is 9.84. The van der Waals surface area contributed by atoms with Gasteiger partial charge in [0.1, 0.15) is 5.82 Å². The lowest BCUT2D eigenvalue weighted by Crippen LogP contribution is -2.45. The van der Waals surface area contributed by atoms with Crippen LogP contribution < -0.4 is 0 Å². The fourth-order valence-electron chi connectivity index (χ4n) is 2.66. The smallest absolute Gasteiger partial charge is 0.182 e. The standard InChI is InChI=1S/C14H14FNO/c15-12-3-1-2-10(8-12)9-13-14(17)11-4-6-16(13)7-5-11/h1-3,8-9,11H,4-7H2. The molecule has 17 heavy (non-hydrogen) atoms. The molecule has 88 valence electrons. The van der Waals surface area contributed by atoms with Crippen molar-refractivity contribution in [2.75, 3.05) is 13.1 Å². The molecule has 4 rings (SSSR count). The molecular formula is C14H14FNO. The quantitative estimate of drug-likeness (QED) is 0.692. The summed E-state index contributed by atoms with van der Waals surface area (Å²) < 4.78 is 13.1. The Labute approximate surface area is 99.7 Å². The molecule has 1 aromatic rings. The van der Waals surface area contributed by atoms with Crippen LogP contribution in [0.3, 0.4) is 0 Å². The Morgan fingerprint density at radius 2 is 2.06 bits per heavy atom. The van der Waals surface area contributed by atoms with Crippen LogP contribution in [0.25, 0.3) is 6.08 Å². The summed E-state index contributed by atoms with van der Waals surface area (Å²) in [6.07, 6.45) is 3.76. The van der Waals surface area contributed by atoms with E-state index in [0.29, 0.717) is 0 Å². The SMILES string of the molecule is O=C1C(=Cc2cccc(F)c2)N2CCC1CC2. The van der Waals surface area contributed by atoms with Crippen LogP contribution >= 0.6 is 0 Å². The first-order chi connectivity index (χ1) is 8.24. The molecular weight excluding hydrogens is 217 g/mol. The maximum absolute atomic E-state index is 13.1. The second kappa shape index (κ2) is 3.99. The number of rotatable bonds is 1. The molecule has 3 aliphatic heterocycles. The zero-order valence-corrected chi connectivity index (χ0v) is 9.53. The summed E-state index contributed by atoms with van der Waals surface area (Å²) in [5, 5.41) is 0. The zero-order valence-electron chi connectivity index (χ0n) is 9.53. The number of halogens is 1. The highest BCUT2D eigenvalue weighted by Gasteiger charge is 2.36. The van der Waals surface area contributed by atoms with Gasteiger partial charge < -0.3 is 4.90 Å². The highest BCUT2D eigenvalue weighted by atomic mass is 19.1. The van der Waals surface area contributed by atoms with Crippen LogP contribution in [0.4, 0.5) is 4.39 Å². The minimum absolute atomic E-state index is 0.194. The number of ketones is 1. The number of fused-ring (bicyclic) bond motifs is 3. The maximum atomic E-state index is 13.1. The number of carbonyl (C=O) groups is 1. The third-order valence-corrected chi connectivity index (χ3v) is 3.61. The van der Waals surface area contributed by atoms with Crippen molar-refractivity contribution in [1.29, 1.82) is 0 Å². The van der Waals surface area contributed by atoms with Gasteiger partial charge in [0.2, 0.25) is 0 Å². The van der Waals surface area contributed by atoms with E-state index in [2.05, 4.69) is 4.90 Å². The molecule has 0 amide bonds. The molecule has 0 N–H and O–H groups in total. The van der Waals surface area contributed by atoms with Gasteiger partial charge in [0.05, 0.1) is 5.70 Å². The molecule has 0 spiro atoms. The number of carbonyl (C=O) groups excluding carboxylic acids is 1. The van der Waals surface area contributed by atoms with Gasteiger partial charge in [-0.15, -0.1) is 0 Å². The van der Waals surface area contributed by atoms with Gasteiger partial charge in [0.25, 0.3) is 0 Å². The van der Waals surface area contributed by atoms with Crippen LogP contribution in [-0.4, -0.2) is 23.8 Å². The largest absolute Gasteiger partial charge is 0.369 e. The van der Waals surface area contributed by atoms with Crippen molar-refractivity contribution in [3.63, 3.8) is 0 Å². The van der Waals surface area contributed by atoms with Crippen LogP contribution in [-0.2, 0) is 4.79 Å². The lowest BCUT2D eigenvalue weighted by Gasteiger charge is -2.41. The Kier molecular flexibility index (Phi) is 2.46. The molecule has 0 saturated carbocycles. The van der Waals surface area contributed by atoms with E-state index >= 15 is 0 Å². The van der Waals surface area contributed by atoms with Gasteiger partial charge in [-0.3, -0.25) is 4.79 Å². The van der Waals surface area contributed by atoms with E-state index in [4.69, 9.17) is 0 Å². The molecule has 0 aliphatic carbocycles. The Hall–Kier alpha value is -1.64. The fourth-order valence-corrected chi connectivity index (χ4v) is 2.66. The van der Waals surface area contributed by atoms with Crippen LogP contribution in [0.2, 0.25) is 0 Å². The predicted molar refractivity (Wildman–Crippen MR) is 63.7 cm³/mol. The second-order valence-electron chi connectivity index (χ2n) is 4.71. The number of piperidine rings is 3. The van der Waals surface area contributed by atoms with Gasteiger partial charge >= 0.3 is 0 Å². The Morgan fingerprint density at radius 1 is 1.29 bits per heavy atom. The molecule has 3 heterocycles. The maximum Gasteiger partial charge on any atom is 0.182 e. The van der Waals surface area contributed by atoms with Gasteiger partial charge in [-0.2, -0.15) is 0 Å². The third-order valence-electron chi connectivity index (χ3n) is 3.61. The average molecular weight is 231 g/mol. The average Bonchev–Trinajstić information content (AvgIpc) is 2.34. The van der Waals surface area contributed by atoms with E-state index in [-0.39, 0.29) is 17.5 Å². The van der Waals surface area contributed by atoms with E-state index < -0.39 is 0 Å². The summed E-state index contributed by atoms with van der Waals surface area (Å²) in [6, 6.07) is 6.37. The van der Waals surface area contributed by atoms with Gasteiger partial charge in [-0.25, -0.2) is 4.39 Å². The Balaban J connectivity index is 1.95. The monoisotopic (exact) mass is 231 g/mol. The summed E-state index contributed by atoms with van der Waals surface area (Å²) in [6.45, 7) is 1.91. The fraction of sp³-hybridized carbons (Fsp3) is 0.357. The molecule has 2 nitrogen and oxygen atoms in total. The van der Waals surface area contributed by atoms with Crippen molar-refractivity contribution in [2.24, 2.45) is 5.92 Å². The summed E-state index contributed by atoms with van der Waals surface area (Å²) in [4.78, 5) is 14.2. The van der Waals surface area contributed by atoms with Crippen LogP contribution in [0.5, 0.6) is 0 Å². The van der Waals surface area contributed by atoms with E-state index in [1.54, 1.807) is 6.07 Å². The molecule has 0 radical (unpaired) electrons. The van der Waals surface area contributed by atoms with E-state index in [0.717, 1.165) is 37.2 Å². The number of hydrogen-bond acceptors (Lipinski definition) is 2. The Morgan fingerprint density at radius 3 is 2.71 bits per heavy atom. The minimum atomic E-state index is -0.261. The first-order valence-corrected chi connectivity index (χ1v) is 6.00. The highest BCUT2D eigenvalue weighted by Crippen LogP contribution is 2.32. The second-order valence-corrected chi connectivity index (χ2v) is 4.71. The molecule has 3 fully saturated rings. The van der Waals surface area contributed by atoms with Gasteiger partial charge in [0.15, 0.2) is 5.78 Å². The van der Waals surface area contributed by atoms with Gasteiger partial charge in [-0.05, 0) is 36.6 Å². The van der Waals surface area contributed by atoms with E-state index in [1.165, 1.54) is 12.1 Å². The molecule has 3 heteroatoms. The van der Waals surface area contributed by atoms with Gasteiger partial charge in [0, 0.05) is 19.0 Å². The minimum Gasteiger partial charge on any atom is -0.369 e. The van der Waals surface area contributed by atoms with E-state index in [1.807, 2.05) is 12.1 Å². The first-order valence-electron chi connectivity index (χ1n) is 6.00. The van der Waals surface area contributed by atoms with Crippen molar-refractivity contribution in [3.8, 4) is 0 Å². The Bertz CT molecular complexity index is 487. The zero-order chi connectivity index (χ0) is 11.8. The molecule has 1 aromatic carbocycles. The molecule has 0 aromatic heterocycles. The molecule has 2 bridgehead atoms. The first kappa shape index (κ1) is 10.5.